The topological polar surface area (TPSA) is 350 Å². The van der Waals surface area contributed by atoms with Crippen LogP contribution in [0.5, 0.6) is 34.5 Å². The van der Waals surface area contributed by atoms with Crippen molar-refractivity contribution in [2.24, 2.45) is 92.7 Å². The van der Waals surface area contributed by atoms with Crippen LogP contribution < -0.4 is 9.47 Å². The number of phenols is 4. The number of benzene rings is 8. The van der Waals surface area contributed by atoms with Gasteiger partial charge in [0.05, 0.1) is 49.7 Å². The van der Waals surface area contributed by atoms with Crippen LogP contribution in [0.25, 0.3) is 0 Å². The van der Waals surface area contributed by atoms with Crippen molar-refractivity contribution in [2.75, 3.05) is 40.6 Å². The minimum Gasteiger partial charge on any atom is -0.508 e. The normalized spacial score (nSPS) is 33.7. The number of aliphatic hydroxyl groups excluding tert-OH is 2. The van der Waals surface area contributed by atoms with Crippen molar-refractivity contribution in [1.29, 1.82) is 0 Å². The van der Waals surface area contributed by atoms with Gasteiger partial charge in [-0.2, -0.15) is 0 Å². The van der Waals surface area contributed by atoms with Gasteiger partial charge in [-0.15, -0.1) is 0 Å². The standard InChI is InChI=1S/C116H128O24/c1-109-43-61-27-75(47-109)113(5,76(28-61)48-109)137-97(123)57-133-105(127)69-19-11-65(12-20-69)101-84-38-86(92(120)36-74(84)56-118)103(67-15-23-71(24-16-67)107(129)135-59-99(125)139-115(7)79-31-63-32-80(115)52-111(3,45-63)51-79)90-40-88(94(122)42-96(90)132-10)104(68-17-25-72(26-18-68)108(130)136-60-100(126)140-116(8)81-33-64-34-82(116)54-112(4,46-64)53-81)89-39-87(93(121)41-95(89)131-9)102(83-37-85(101)91(119)35-73(83)55-117)66-13-21-70(22-14-66)106(128)134-58-98(124)138-114(6)77-29-62-30-78(114)50-110(2,44-62)49-77/h11-26,35-42,61-64,75-82,101-104,117-122H,27-34,43-60H2,1-10H3. The monoisotopic (exact) mass is 1900 g/mol. The van der Waals surface area contributed by atoms with E-state index in [2.05, 4.69) is 27.7 Å². The number of ether oxygens (including phenoxy) is 10. The highest BCUT2D eigenvalue weighted by Crippen LogP contribution is 2.69. The molecule has 24 heteroatoms. The molecule has 16 fully saturated rings. The zero-order chi connectivity index (χ0) is 98.1. The number of carbonyl (C=O) groups is 8. The fraction of sp³-hybridized carbons (Fsp3) is 0.517. The van der Waals surface area contributed by atoms with Crippen molar-refractivity contribution in [3.8, 4) is 34.5 Å². The molecule has 24 nitrogen and oxygen atoms in total. The number of aromatic hydroxyl groups is 4. The molecular weight excluding hydrogens is 1780 g/mol. The number of hydrogen-bond acceptors (Lipinski definition) is 24. The predicted molar refractivity (Wildman–Crippen MR) is 513 cm³/mol. The van der Waals surface area contributed by atoms with Gasteiger partial charge in [-0.05, 0) is 378 Å². The highest BCUT2D eigenvalue weighted by atomic mass is 16.6. The predicted octanol–water partition coefficient (Wildman–Crippen LogP) is 19.8. The first-order valence-electron chi connectivity index (χ1n) is 50.5. The van der Waals surface area contributed by atoms with E-state index in [1.54, 1.807) is 72.8 Å². The van der Waals surface area contributed by atoms with Gasteiger partial charge in [-0.1, -0.05) is 76.2 Å². The molecular formula is C116H128O24. The van der Waals surface area contributed by atoms with Crippen LogP contribution in [0.4, 0.5) is 0 Å². The lowest BCUT2D eigenvalue weighted by Gasteiger charge is -2.62. The highest BCUT2D eigenvalue weighted by molar-refractivity contribution is 5.93. The number of phenolic OH excluding ortho intramolecular Hbond substituents is 4. The summed E-state index contributed by atoms with van der Waals surface area (Å²) in [5.41, 5.74) is 1.41. The molecule has 0 radical (unpaired) electrons. The molecule has 0 amide bonds. The average Bonchev–Trinajstić information content (AvgIpc) is 0.720. The third-order valence-electron chi connectivity index (χ3n) is 37.2. The summed E-state index contributed by atoms with van der Waals surface area (Å²) >= 11 is 0. The van der Waals surface area contributed by atoms with E-state index < -0.39 is 139 Å². The van der Waals surface area contributed by atoms with Gasteiger partial charge < -0.3 is 78.0 Å². The van der Waals surface area contributed by atoms with Crippen molar-refractivity contribution < 1.29 is 116 Å². The van der Waals surface area contributed by atoms with Crippen LogP contribution in [0.2, 0.25) is 0 Å². The molecule has 0 heterocycles. The van der Waals surface area contributed by atoms with E-state index in [9.17, 15) is 69.0 Å². The molecule has 140 heavy (non-hydrogen) atoms. The molecule has 0 aromatic heterocycles. The number of methoxy groups -OCH3 is 2. The molecule has 0 spiro atoms. The molecule has 0 aliphatic heterocycles. The van der Waals surface area contributed by atoms with Gasteiger partial charge in [-0.25, -0.2) is 38.4 Å². The fourth-order valence-corrected chi connectivity index (χ4v) is 31.3. The van der Waals surface area contributed by atoms with Gasteiger partial charge in [-0.3, -0.25) is 0 Å². The molecule has 12 atom stereocenters. The molecule has 8 aromatic rings. The zero-order valence-electron chi connectivity index (χ0n) is 81.5. The smallest absolute Gasteiger partial charge is 0.344 e. The summed E-state index contributed by atoms with van der Waals surface area (Å²) in [6, 6.07) is 37.5. The van der Waals surface area contributed by atoms with Gasteiger partial charge in [0.25, 0.3) is 0 Å². The van der Waals surface area contributed by atoms with Crippen LogP contribution in [0.1, 0.15) is 327 Å². The largest absolute Gasteiger partial charge is 0.508 e. The summed E-state index contributed by atoms with van der Waals surface area (Å²) < 4.78 is 61.3. The van der Waals surface area contributed by atoms with Crippen molar-refractivity contribution >= 4 is 47.8 Å². The lowest BCUT2D eigenvalue weighted by atomic mass is 9.45. The Morgan fingerprint density at radius 2 is 0.471 bits per heavy atom. The molecule has 17 aliphatic rings. The molecule has 0 saturated heterocycles. The van der Waals surface area contributed by atoms with Crippen LogP contribution in [0.15, 0.2) is 146 Å². The van der Waals surface area contributed by atoms with Crippen LogP contribution in [-0.4, -0.2) is 141 Å². The lowest BCUT2D eigenvalue weighted by molar-refractivity contribution is -0.218. The summed E-state index contributed by atoms with van der Waals surface area (Å²) in [7, 11) is 2.80. The maximum absolute atomic E-state index is 14.5. The SMILES string of the molecule is COc1cc(O)c2cc1C(c1ccc(C(=O)OCC(=O)OC3(C)C4CC5CC3CC(C)(C5)C4)cc1)c1cc(c(OC)cc1O)C(c1ccc(C(=O)OCC(=O)OC3(C)C4CC5CC3CC(C)(C5)C4)cc1)c1cc(c(CO)cc1O)C(c1ccc(C(=O)OCC(=O)OC3(C)C4CC5CC3CC(C)(C5)C4)cc1)c1cc(c(CO)cc1O)C2c1ccc(C(=O)OCC(=O)OC2(C)C3CC4CC2CC(C)(C4)C3)cc1. The third kappa shape index (κ3) is 16.7. The zero-order valence-corrected chi connectivity index (χ0v) is 81.5. The number of esters is 8. The Hall–Kier alpha value is -11.8. The van der Waals surface area contributed by atoms with Crippen molar-refractivity contribution in [3.63, 3.8) is 0 Å². The van der Waals surface area contributed by atoms with Crippen LogP contribution in [-0.2, 0) is 70.3 Å². The number of rotatable bonds is 24. The van der Waals surface area contributed by atoms with E-state index in [-0.39, 0.29) is 176 Å². The van der Waals surface area contributed by atoms with E-state index in [1.165, 1.54) is 113 Å². The molecule has 12 unspecified atom stereocenters. The molecule has 6 N–H and O–H groups in total. The second kappa shape index (κ2) is 35.1. The molecule has 25 rings (SSSR count). The fourth-order valence-electron chi connectivity index (χ4n) is 31.3. The Bertz CT molecular complexity index is 5490. The van der Waals surface area contributed by atoms with E-state index in [0.29, 0.717) is 45.9 Å². The van der Waals surface area contributed by atoms with Gasteiger partial charge >= 0.3 is 47.8 Å². The quantitative estimate of drug-likeness (QED) is 0.0242. The summed E-state index contributed by atoms with van der Waals surface area (Å²) in [6.45, 7) is 13.3. The van der Waals surface area contributed by atoms with E-state index >= 15 is 0 Å². The minimum absolute atomic E-state index is 0.0306. The summed E-state index contributed by atoms with van der Waals surface area (Å²) in [5.74, 6) is -8.57. The minimum atomic E-state index is -1.26. The van der Waals surface area contributed by atoms with Gasteiger partial charge in [0.2, 0.25) is 0 Å². The Balaban J connectivity index is 0.682. The Kier molecular flexibility index (Phi) is 23.7. The summed E-state index contributed by atoms with van der Waals surface area (Å²) in [6.07, 6.45) is 20.1. The average molecular weight is 1910 g/mol. The molecule has 24 bridgehead atoms. The molecule has 736 valence electrons. The summed E-state index contributed by atoms with van der Waals surface area (Å²) in [4.78, 5) is 114. The Morgan fingerprint density at radius 1 is 0.271 bits per heavy atom. The number of fused-ring (bicyclic) bond motifs is 8. The summed E-state index contributed by atoms with van der Waals surface area (Å²) in [5, 5.41) is 77.0. The third-order valence-corrected chi connectivity index (χ3v) is 37.2. The van der Waals surface area contributed by atoms with E-state index in [0.717, 1.165) is 103 Å². The Labute approximate surface area is 816 Å². The van der Waals surface area contributed by atoms with Gasteiger partial charge in [0.1, 0.15) is 56.9 Å². The first-order chi connectivity index (χ1) is 66.7. The van der Waals surface area contributed by atoms with Crippen LogP contribution >= 0.6 is 0 Å². The highest BCUT2D eigenvalue weighted by Gasteiger charge is 2.65. The van der Waals surface area contributed by atoms with Crippen LogP contribution in [0.3, 0.4) is 0 Å². The molecule has 16 saturated carbocycles. The van der Waals surface area contributed by atoms with Crippen molar-refractivity contribution in [2.45, 2.75) is 243 Å². The van der Waals surface area contributed by atoms with Gasteiger partial charge in [0, 0.05) is 69.2 Å². The molecule has 8 aromatic carbocycles. The number of carbonyl (C=O) groups excluding carboxylic acids is 8. The van der Waals surface area contributed by atoms with E-state index in [4.69, 9.17) is 47.4 Å². The lowest BCUT2D eigenvalue weighted by Crippen LogP contribution is -2.60. The van der Waals surface area contributed by atoms with Crippen LogP contribution in [0, 0.1) is 92.7 Å². The Morgan fingerprint density at radius 3 is 0.671 bits per heavy atom. The first-order valence-corrected chi connectivity index (χ1v) is 50.5. The maximum atomic E-state index is 14.5. The van der Waals surface area contributed by atoms with E-state index in [1.807, 2.05) is 27.7 Å². The second-order valence-corrected chi connectivity index (χ2v) is 46.6. The first kappa shape index (κ1) is 94.5. The molecule has 17 aliphatic carbocycles. The van der Waals surface area contributed by atoms with Crippen molar-refractivity contribution in [1.82, 2.24) is 0 Å². The number of aliphatic hydroxyl groups is 2. The number of hydrogen-bond donors (Lipinski definition) is 6. The van der Waals surface area contributed by atoms with Gasteiger partial charge in [0.15, 0.2) is 26.4 Å². The maximum Gasteiger partial charge on any atom is 0.344 e. The van der Waals surface area contributed by atoms with Crippen molar-refractivity contribution in [3.05, 3.63) is 246 Å². The second-order valence-electron chi connectivity index (χ2n) is 46.6.